The van der Waals surface area contributed by atoms with Crippen molar-refractivity contribution in [1.82, 2.24) is 20.1 Å². The second-order valence-electron chi connectivity index (χ2n) is 7.01. The Morgan fingerprint density at radius 2 is 1.94 bits per heavy atom. The van der Waals surface area contributed by atoms with Crippen molar-refractivity contribution in [2.24, 2.45) is 0 Å². The van der Waals surface area contributed by atoms with Crippen molar-refractivity contribution < 1.29 is 14.0 Å². The van der Waals surface area contributed by atoms with Gasteiger partial charge < -0.3 is 15.2 Å². The summed E-state index contributed by atoms with van der Waals surface area (Å²) in [6, 6.07) is 10.6. The van der Waals surface area contributed by atoms with Crippen molar-refractivity contribution in [3.63, 3.8) is 0 Å². The third kappa shape index (κ3) is 5.46. The maximum atomic E-state index is 13.9. The van der Waals surface area contributed by atoms with E-state index in [2.05, 4.69) is 20.8 Å². The Kier molecular flexibility index (Phi) is 7.87. The minimum Gasteiger partial charge on any atom is -0.342 e. The topological polar surface area (TPSA) is 88.9 Å². The SMILES string of the molecule is CCn1c(SCC(=O)Nc2cccc(Cl)c2C)nnc1C(C)NC(=O)c1ccccc1F. The summed E-state index contributed by atoms with van der Waals surface area (Å²) in [6.45, 7) is 6.04. The molecule has 3 aromatic rings. The van der Waals surface area contributed by atoms with Crippen LogP contribution in [-0.4, -0.2) is 32.3 Å². The molecule has 0 bridgehead atoms. The molecule has 0 aliphatic rings. The fourth-order valence-corrected chi connectivity index (χ4v) is 4.05. The lowest BCUT2D eigenvalue weighted by Gasteiger charge is -2.15. The first-order chi connectivity index (χ1) is 15.3. The van der Waals surface area contributed by atoms with Crippen LogP contribution in [0, 0.1) is 12.7 Å². The first-order valence-electron chi connectivity index (χ1n) is 9.98. The molecule has 7 nitrogen and oxygen atoms in total. The molecule has 168 valence electrons. The Labute approximate surface area is 194 Å². The molecule has 0 saturated carbocycles. The van der Waals surface area contributed by atoms with E-state index in [1.54, 1.807) is 31.2 Å². The number of carbonyl (C=O) groups is 2. The molecule has 1 unspecified atom stereocenters. The van der Waals surface area contributed by atoms with Gasteiger partial charge in [-0.2, -0.15) is 0 Å². The van der Waals surface area contributed by atoms with Crippen LogP contribution < -0.4 is 10.6 Å². The molecule has 10 heteroatoms. The number of carbonyl (C=O) groups excluding carboxylic acids is 2. The van der Waals surface area contributed by atoms with Gasteiger partial charge in [-0.1, -0.05) is 41.6 Å². The Hall–Kier alpha value is -2.91. The Bertz CT molecular complexity index is 1140. The molecule has 1 heterocycles. The molecule has 32 heavy (non-hydrogen) atoms. The van der Waals surface area contributed by atoms with Crippen LogP contribution >= 0.6 is 23.4 Å². The predicted molar refractivity (Wildman–Crippen MR) is 124 cm³/mol. The van der Waals surface area contributed by atoms with Gasteiger partial charge >= 0.3 is 0 Å². The summed E-state index contributed by atoms with van der Waals surface area (Å²) in [4.78, 5) is 24.8. The Morgan fingerprint density at radius 3 is 2.66 bits per heavy atom. The van der Waals surface area contributed by atoms with Gasteiger partial charge in [0.15, 0.2) is 11.0 Å². The molecule has 0 aliphatic carbocycles. The van der Waals surface area contributed by atoms with E-state index in [9.17, 15) is 14.0 Å². The summed E-state index contributed by atoms with van der Waals surface area (Å²) in [5.41, 5.74) is 1.42. The first kappa shape index (κ1) is 23.7. The van der Waals surface area contributed by atoms with Crippen LogP contribution in [0.2, 0.25) is 5.02 Å². The molecule has 0 fully saturated rings. The zero-order valence-electron chi connectivity index (χ0n) is 17.9. The number of nitrogens with one attached hydrogen (secondary N) is 2. The predicted octanol–water partition coefficient (Wildman–Crippen LogP) is 4.62. The number of anilines is 1. The molecule has 2 N–H and O–H groups in total. The van der Waals surface area contributed by atoms with Crippen molar-refractivity contribution in [2.75, 3.05) is 11.1 Å². The number of hydrogen-bond donors (Lipinski definition) is 2. The molecule has 0 spiro atoms. The molecule has 0 saturated heterocycles. The number of hydrogen-bond acceptors (Lipinski definition) is 5. The lowest BCUT2D eigenvalue weighted by Crippen LogP contribution is -2.29. The van der Waals surface area contributed by atoms with Crippen LogP contribution in [0.4, 0.5) is 10.1 Å². The van der Waals surface area contributed by atoms with Crippen LogP contribution in [0.25, 0.3) is 0 Å². The quantitative estimate of drug-likeness (QED) is 0.464. The van der Waals surface area contributed by atoms with E-state index in [0.717, 1.165) is 5.56 Å². The van der Waals surface area contributed by atoms with Gasteiger partial charge in [0.25, 0.3) is 5.91 Å². The molecule has 3 rings (SSSR count). The Morgan fingerprint density at radius 1 is 1.19 bits per heavy atom. The highest BCUT2D eigenvalue weighted by Gasteiger charge is 2.21. The van der Waals surface area contributed by atoms with Crippen LogP contribution in [0.15, 0.2) is 47.6 Å². The summed E-state index contributed by atoms with van der Waals surface area (Å²) in [7, 11) is 0. The maximum absolute atomic E-state index is 13.9. The average molecular weight is 476 g/mol. The Balaban J connectivity index is 1.65. The van der Waals surface area contributed by atoms with E-state index < -0.39 is 17.8 Å². The van der Waals surface area contributed by atoms with Gasteiger partial charge in [-0.25, -0.2) is 4.39 Å². The smallest absolute Gasteiger partial charge is 0.254 e. The normalized spacial score (nSPS) is 11.8. The summed E-state index contributed by atoms with van der Waals surface area (Å²) < 4.78 is 15.7. The van der Waals surface area contributed by atoms with Gasteiger partial charge in [0.05, 0.1) is 17.4 Å². The molecule has 2 aromatic carbocycles. The molecular formula is C22H23ClFN5O2S. The number of amides is 2. The standard InChI is InChI=1S/C22H23ClFN5O2S/c1-4-29-20(14(3)25-21(31)15-8-5-6-10-17(15)24)27-28-22(29)32-12-19(30)26-18-11-7-9-16(23)13(18)2/h5-11,14H,4,12H2,1-3H3,(H,25,31)(H,26,30). The second-order valence-corrected chi connectivity index (χ2v) is 8.36. The second kappa shape index (κ2) is 10.6. The van der Waals surface area contributed by atoms with E-state index in [1.165, 1.54) is 30.0 Å². The number of halogens is 2. The van der Waals surface area contributed by atoms with E-state index in [1.807, 2.05) is 18.4 Å². The largest absolute Gasteiger partial charge is 0.342 e. The molecule has 0 aliphatic heterocycles. The number of nitrogens with zero attached hydrogens (tertiary/aromatic N) is 3. The summed E-state index contributed by atoms with van der Waals surface area (Å²) in [5, 5.41) is 15.1. The van der Waals surface area contributed by atoms with E-state index >= 15 is 0 Å². The molecule has 1 aromatic heterocycles. The van der Waals surface area contributed by atoms with E-state index in [-0.39, 0.29) is 17.2 Å². The lowest BCUT2D eigenvalue weighted by atomic mass is 10.2. The lowest BCUT2D eigenvalue weighted by molar-refractivity contribution is -0.113. The molecular weight excluding hydrogens is 453 g/mol. The minimum absolute atomic E-state index is 0.0375. The maximum Gasteiger partial charge on any atom is 0.254 e. The number of rotatable bonds is 8. The van der Waals surface area contributed by atoms with Crippen molar-refractivity contribution in [3.8, 4) is 0 Å². The number of aromatic nitrogens is 3. The first-order valence-corrected chi connectivity index (χ1v) is 11.3. The molecule has 0 radical (unpaired) electrons. The van der Waals surface area contributed by atoms with Gasteiger partial charge in [0.1, 0.15) is 5.82 Å². The van der Waals surface area contributed by atoms with Crippen LogP contribution in [0.1, 0.15) is 41.6 Å². The monoisotopic (exact) mass is 475 g/mol. The highest BCUT2D eigenvalue weighted by atomic mass is 35.5. The zero-order chi connectivity index (χ0) is 23.3. The van der Waals surface area contributed by atoms with Crippen molar-refractivity contribution in [2.45, 2.75) is 38.5 Å². The fraction of sp³-hybridized carbons (Fsp3) is 0.273. The molecule has 2 amide bonds. The number of thioether (sulfide) groups is 1. The van der Waals surface area contributed by atoms with Crippen molar-refractivity contribution in [3.05, 3.63) is 70.3 Å². The summed E-state index contributed by atoms with van der Waals surface area (Å²) in [6.07, 6.45) is 0. The summed E-state index contributed by atoms with van der Waals surface area (Å²) in [5.74, 6) is -0.683. The minimum atomic E-state index is -0.591. The zero-order valence-corrected chi connectivity index (χ0v) is 19.4. The number of benzene rings is 2. The van der Waals surface area contributed by atoms with E-state index in [4.69, 9.17) is 11.6 Å². The van der Waals surface area contributed by atoms with Crippen LogP contribution in [0.3, 0.4) is 0 Å². The molecule has 1 atom stereocenters. The van der Waals surface area contributed by atoms with Gasteiger partial charge in [-0.15, -0.1) is 10.2 Å². The highest BCUT2D eigenvalue weighted by molar-refractivity contribution is 7.99. The third-order valence-electron chi connectivity index (χ3n) is 4.79. The van der Waals surface area contributed by atoms with Gasteiger partial charge in [0, 0.05) is 17.3 Å². The van der Waals surface area contributed by atoms with Gasteiger partial charge in [0.2, 0.25) is 5.91 Å². The van der Waals surface area contributed by atoms with Gasteiger partial charge in [-0.05, 0) is 50.6 Å². The van der Waals surface area contributed by atoms with Crippen LogP contribution in [0.5, 0.6) is 0 Å². The van der Waals surface area contributed by atoms with E-state index in [0.29, 0.717) is 28.2 Å². The van der Waals surface area contributed by atoms with Crippen LogP contribution in [-0.2, 0) is 11.3 Å². The van der Waals surface area contributed by atoms with Crippen molar-refractivity contribution in [1.29, 1.82) is 0 Å². The van der Waals surface area contributed by atoms with Crippen molar-refractivity contribution >= 4 is 40.9 Å². The van der Waals surface area contributed by atoms with Gasteiger partial charge in [-0.3, -0.25) is 9.59 Å². The third-order valence-corrected chi connectivity index (χ3v) is 6.17. The summed E-state index contributed by atoms with van der Waals surface area (Å²) >= 11 is 7.33. The fourth-order valence-electron chi connectivity index (χ4n) is 3.07. The average Bonchev–Trinajstić information content (AvgIpc) is 3.19. The highest BCUT2D eigenvalue weighted by Crippen LogP contribution is 2.24.